The number of aromatic nitrogens is 1. The lowest BCUT2D eigenvalue weighted by Gasteiger charge is -2.34. The number of nitrogens with zero attached hydrogens (tertiary/aromatic N) is 3. The number of hydrogen-bond acceptors (Lipinski definition) is 5. The number of amides is 3. The number of carbonyl (C=O) groups is 3. The SMILES string of the molecule is COc1ccc(NC(=O)CN2C(=O)[C@H]3CCCCN3C(=O)c3ccccc32)cn1. The van der Waals surface area contributed by atoms with E-state index >= 15 is 0 Å². The van der Waals surface area contributed by atoms with Gasteiger partial charge in [0.1, 0.15) is 12.6 Å². The van der Waals surface area contributed by atoms with Crippen LogP contribution in [0.5, 0.6) is 5.88 Å². The van der Waals surface area contributed by atoms with Gasteiger partial charge in [-0.25, -0.2) is 4.98 Å². The molecule has 8 nitrogen and oxygen atoms in total. The molecule has 1 N–H and O–H groups in total. The van der Waals surface area contributed by atoms with Crippen molar-refractivity contribution in [2.24, 2.45) is 0 Å². The molecule has 0 spiro atoms. The molecule has 150 valence electrons. The van der Waals surface area contributed by atoms with Crippen LogP contribution in [0.15, 0.2) is 42.6 Å². The molecule has 2 aliphatic heterocycles. The van der Waals surface area contributed by atoms with Gasteiger partial charge in [-0.3, -0.25) is 14.4 Å². The van der Waals surface area contributed by atoms with Crippen molar-refractivity contribution in [3.05, 3.63) is 48.2 Å². The minimum Gasteiger partial charge on any atom is -0.481 e. The van der Waals surface area contributed by atoms with Crippen molar-refractivity contribution in [1.82, 2.24) is 9.88 Å². The Hall–Kier alpha value is -3.42. The molecule has 29 heavy (non-hydrogen) atoms. The first kappa shape index (κ1) is 18.9. The molecule has 4 rings (SSSR count). The Kier molecular flexibility index (Phi) is 5.16. The zero-order chi connectivity index (χ0) is 20.4. The van der Waals surface area contributed by atoms with Gasteiger partial charge in [0.25, 0.3) is 5.91 Å². The monoisotopic (exact) mass is 394 g/mol. The van der Waals surface area contributed by atoms with E-state index in [9.17, 15) is 14.4 Å². The lowest BCUT2D eigenvalue weighted by atomic mass is 10.0. The van der Waals surface area contributed by atoms with E-state index in [1.807, 2.05) is 0 Å². The smallest absolute Gasteiger partial charge is 0.256 e. The normalized spacial score (nSPS) is 18.6. The fourth-order valence-electron chi connectivity index (χ4n) is 3.86. The molecule has 0 aliphatic carbocycles. The predicted octanol–water partition coefficient (Wildman–Crippen LogP) is 2.07. The number of rotatable bonds is 4. The first-order chi connectivity index (χ1) is 14.1. The Morgan fingerprint density at radius 1 is 1.21 bits per heavy atom. The van der Waals surface area contributed by atoms with Gasteiger partial charge >= 0.3 is 0 Å². The van der Waals surface area contributed by atoms with E-state index in [4.69, 9.17) is 4.74 Å². The van der Waals surface area contributed by atoms with Gasteiger partial charge in [-0.1, -0.05) is 12.1 Å². The largest absolute Gasteiger partial charge is 0.481 e. The molecule has 0 bridgehead atoms. The fraction of sp³-hybridized carbons (Fsp3) is 0.333. The number of para-hydroxylation sites is 1. The molecule has 3 heterocycles. The van der Waals surface area contributed by atoms with E-state index in [-0.39, 0.29) is 24.3 Å². The fourth-order valence-corrected chi connectivity index (χ4v) is 3.86. The van der Waals surface area contributed by atoms with E-state index in [1.54, 1.807) is 41.3 Å². The maximum absolute atomic E-state index is 13.3. The standard InChI is InChI=1S/C21H22N4O4/c1-29-19-10-9-14(12-22-19)23-18(26)13-25-16-7-3-2-6-15(16)20(27)24-11-5-4-8-17(24)21(25)28/h2-3,6-7,9-10,12,17H,4-5,8,11,13H2,1H3,(H,23,26)/t17-/m1/s1. The van der Waals surface area contributed by atoms with Gasteiger partial charge in [-0.05, 0) is 37.5 Å². The van der Waals surface area contributed by atoms with Gasteiger partial charge in [0.15, 0.2) is 0 Å². The third kappa shape index (κ3) is 3.65. The molecule has 2 aromatic rings. The number of nitrogens with one attached hydrogen (secondary N) is 1. The second-order valence-electron chi connectivity index (χ2n) is 7.09. The van der Waals surface area contributed by atoms with Gasteiger partial charge in [0.2, 0.25) is 17.7 Å². The van der Waals surface area contributed by atoms with Crippen LogP contribution in [0, 0.1) is 0 Å². The maximum atomic E-state index is 13.3. The van der Waals surface area contributed by atoms with Crippen molar-refractivity contribution >= 4 is 29.1 Å². The molecule has 0 unspecified atom stereocenters. The molecule has 1 aromatic carbocycles. The quantitative estimate of drug-likeness (QED) is 0.857. The van der Waals surface area contributed by atoms with Crippen LogP contribution >= 0.6 is 0 Å². The Morgan fingerprint density at radius 3 is 2.79 bits per heavy atom. The van der Waals surface area contributed by atoms with Gasteiger partial charge in [-0.2, -0.15) is 0 Å². The first-order valence-corrected chi connectivity index (χ1v) is 9.60. The van der Waals surface area contributed by atoms with Crippen molar-refractivity contribution in [3.8, 4) is 5.88 Å². The number of pyridine rings is 1. The molecule has 3 amide bonds. The summed E-state index contributed by atoms with van der Waals surface area (Å²) >= 11 is 0. The van der Waals surface area contributed by atoms with Crippen molar-refractivity contribution in [3.63, 3.8) is 0 Å². The summed E-state index contributed by atoms with van der Waals surface area (Å²) in [6, 6.07) is 9.74. The molecule has 1 aromatic heterocycles. The molecule has 2 aliphatic rings. The number of anilines is 2. The highest BCUT2D eigenvalue weighted by molar-refractivity contribution is 6.13. The van der Waals surface area contributed by atoms with Gasteiger partial charge < -0.3 is 19.9 Å². The Bertz CT molecular complexity index is 944. The van der Waals surface area contributed by atoms with Gasteiger partial charge in [0, 0.05) is 12.6 Å². The third-order valence-electron chi connectivity index (χ3n) is 5.27. The van der Waals surface area contributed by atoms with Crippen LogP contribution in [0.1, 0.15) is 29.6 Å². The Balaban J connectivity index is 1.60. The average Bonchev–Trinajstić information content (AvgIpc) is 2.84. The zero-order valence-electron chi connectivity index (χ0n) is 16.1. The van der Waals surface area contributed by atoms with Crippen LogP contribution in [0.2, 0.25) is 0 Å². The molecular weight excluding hydrogens is 372 g/mol. The summed E-state index contributed by atoms with van der Waals surface area (Å²) in [5, 5.41) is 2.75. The van der Waals surface area contributed by atoms with Crippen LogP contribution in [-0.2, 0) is 9.59 Å². The lowest BCUT2D eigenvalue weighted by Crippen LogP contribution is -2.52. The molecule has 1 atom stereocenters. The zero-order valence-corrected chi connectivity index (χ0v) is 16.1. The number of carbonyl (C=O) groups excluding carboxylic acids is 3. The predicted molar refractivity (Wildman–Crippen MR) is 107 cm³/mol. The summed E-state index contributed by atoms with van der Waals surface area (Å²) in [4.78, 5) is 46.1. The van der Waals surface area contributed by atoms with E-state index in [0.29, 0.717) is 35.8 Å². The molecular formula is C21H22N4O4. The highest BCUT2D eigenvalue weighted by Crippen LogP contribution is 2.31. The molecule has 1 saturated heterocycles. The van der Waals surface area contributed by atoms with E-state index in [1.165, 1.54) is 18.2 Å². The van der Waals surface area contributed by atoms with Crippen molar-refractivity contribution in [1.29, 1.82) is 0 Å². The average molecular weight is 394 g/mol. The van der Waals surface area contributed by atoms with Crippen LogP contribution in [-0.4, -0.2) is 53.8 Å². The van der Waals surface area contributed by atoms with Crippen molar-refractivity contribution in [2.45, 2.75) is 25.3 Å². The topological polar surface area (TPSA) is 91.8 Å². The summed E-state index contributed by atoms with van der Waals surface area (Å²) < 4.78 is 5.01. The third-order valence-corrected chi connectivity index (χ3v) is 5.27. The van der Waals surface area contributed by atoms with E-state index in [2.05, 4.69) is 10.3 Å². The molecule has 1 fully saturated rings. The molecule has 8 heteroatoms. The maximum Gasteiger partial charge on any atom is 0.256 e. The van der Waals surface area contributed by atoms with Crippen LogP contribution in [0.25, 0.3) is 0 Å². The first-order valence-electron chi connectivity index (χ1n) is 9.60. The van der Waals surface area contributed by atoms with Crippen molar-refractivity contribution < 1.29 is 19.1 Å². The van der Waals surface area contributed by atoms with Gasteiger partial charge in [0.05, 0.1) is 30.2 Å². The minimum absolute atomic E-state index is 0.152. The lowest BCUT2D eigenvalue weighted by molar-refractivity contribution is -0.125. The molecule has 0 saturated carbocycles. The van der Waals surface area contributed by atoms with E-state index < -0.39 is 6.04 Å². The number of hydrogen-bond donors (Lipinski definition) is 1. The van der Waals surface area contributed by atoms with E-state index in [0.717, 1.165) is 12.8 Å². The second kappa shape index (κ2) is 7.90. The van der Waals surface area contributed by atoms with Crippen molar-refractivity contribution in [2.75, 3.05) is 30.4 Å². The summed E-state index contributed by atoms with van der Waals surface area (Å²) in [6.07, 6.45) is 3.86. The summed E-state index contributed by atoms with van der Waals surface area (Å²) in [5.74, 6) is -0.292. The summed E-state index contributed by atoms with van der Waals surface area (Å²) in [5.41, 5.74) is 1.42. The number of fused-ring (bicyclic) bond motifs is 2. The number of piperidine rings is 1. The second-order valence-corrected chi connectivity index (χ2v) is 7.09. The van der Waals surface area contributed by atoms with Gasteiger partial charge in [-0.15, -0.1) is 0 Å². The van der Waals surface area contributed by atoms with Crippen LogP contribution < -0.4 is 15.0 Å². The Labute approximate surface area is 168 Å². The summed E-state index contributed by atoms with van der Waals surface area (Å²) in [7, 11) is 1.51. The van der Waals surface area contributed by atoms with Crippen LogP contribution in [0.3, 0.4) is 0 Å². The Morgan fingerprint density at radius 2 is 2.03 bits per heavy atom. The highest BCUT2D eigenvalue weighted by Gasteiger charge is 2.40. The number of methoxy groups -OCH3 is 1. The molecule has 0 radical (unpaired) electrons. The van der Waals surface area contributed by atoms with Crippen LogP contribution in [0.4, 0.5) is 11.4 Å². The highest BCUT2D eigenvalue weighted by atomic mass is 16.5. The summed E-state index contributed by atoms with van der Waals surface area (Å²) in [6.45, 7) is 0.376. The minimum atomic E-state index is -0.529. The number of ether oxygens (including phenoxy) is 1. The number of benzene rings is 1.